The van der Waals surface area contributed by atoms with Crippen molar-refractivity contribution in [3.05, 3.63) is 81.9 Å². The SMILES string of the molecule is COc1c(O)ccc2c1-c1ccc3ccc(O)cc3c1CSS[C@]13CC[C@H](C[C@@H]1O)[C@H](CC(=O)CC2)O[C@H]1N[C@@H](CCC2(O)CCCC2)[C@H](CSSC3)C[C@@H]2c3c1cc(CO)c1c3[C@@H](CC[C@H](C(C)=O)N1)C[C@@H]2CO. The molecule has 4 aromatic rings. The molecule has 75 heavy (non-hydrogen) atoms. The van der Waals surface area contributed by atoms with Crippen LogP contribution in [0, 0.1) is 17.8 Å². The number of aryl methyl sites for hydroxylation is 1. The van der Waals surface area contributed by atoms with E-state index < -0.39 is 34.8 Å². The van der Waals surface area contributed by atoms with Crippen LogP contribution < -0.4 is 15.4 Å². The Hall–Kier alpha value is -3.16. The smallest absolute Gasteiger partial charge is 0.168 e. The van der Waals surface area contributed by atoms with Gasteiger partial charge in [0.15, 0.2) is 17.3 Å². The van der Waals surface area contributed by atoms with Crippen molar-refractivity contribution < 1.29 is 49.7 Å². The molecule has 0 amide bonds. The topological polar surface area (TPSA) is 198 Å². The second kappa shape index (κ2) is 22.5. The van der Waals surface area contributed by atoms with Gasteiger partial charge in [-0.1, -0.05) is 80.3 Å². The van der Waals surface area contributed by atoms with Crippen LogP contribution in [-0.2, 0) is 33.1 Å². The maximum absolute atomic E-state index is 15.0. The number of anilines is 1. The highest BCUT2D eigenvalue weighted by Gasteiger charge is 2.50. The number of ketones is 2. The summed E-state index contributed by atoms with van der Waals surface area (Å²) in [6.07, 6.45) is 8.42. The van der Waals surface area contributed by atoms with E-state index in [0.29, 0.717) is 60.5 Å². The fraction of sp³-hybridized carbons (Fsp3) is 0.593. The summed E-state index contributed by atoms with van der Waals surface area (Å²) in [5, 5.41) is 79.3. The Balaban J connectivity index is 1.06. The molecule has 4 aromatic carbocycles. The number of methoxy groups -OCH3 is 1. The molecule has 0 spiro atoms. The van der Waals surface area contributed by atoms with E-state index in [9.17, 15) is 35.4 Å². The minimum Gasteiger partial charge on any atom is -0.508 e. The average Bonchev–Trinajstić information content (AvgIpc) is 3.74. The predicted molar refractivity (Wildman–Crippen MR) is 303 cm³/mol. The lowest BCUT2D eigenvalue weighted by molar-refractivity contribution is -0.130. The number of phenolic OH excluding ortho intramolecular Hbond substituents is 2. The Kier molecular flexibility index (Phi) is 16.2. The highest BCUT2D eigenvalue weighted by Crippen LogP contribution is 2.58. The molecule has 0 radical (unpaired) electrons. The minimum atomic E-state index is -0.736. The summed E-state index contributed by atoms with van der Waals surface area (Å²) in [6, 6.07) is 14.6. The largest absolute Gasteiger partial charge is 0.508 e. The molecule has 11 atom stereocenters. The average molecular weight is 1100 g/mol. The molecule has 8 N–H and O–H groups in total. The van der Waals surface area contributed by atoms with Crippen LogP contribution in [0.4, 0.5) is 5.69 Å². The number of nitrogens with one attached hydrogen (secondary N) is 2. The molecule has 12 rings (SSSR count). The summed E-state index contributed by atoms with van der Waals surface area (Å²) in [5.74, 6) is 2.40. The summed E-state index contributed by atoms with van der Waals surface area (Å²) in [6.45, 7) is 1.39. The second-order valence-electron chi connectivity index (χ2n) is 23.0. The van der Waals surface area contributed by atoms with Gasteiger partial charge in [0.2, 0.25) is 0 Å². The van der Waals surface area contributed by atoms with Crippen molar-refractivity contribution in [2.24, 2.45) is 17.8 Å². The van der Waals surface area contributed by atoms with Gasteiger partial charge in [-0.3, -0.25) is 14.9 Å². The van der Waals surface area contributed by atoms with E-state index in [-0.39, 0.29) is 84.8 Å². The van der Waals surface area contributed by atoms with Gasteiger partial charge < -0.3 is 45.4 Å². The van der Waals surface area contributed by atoms with Gasteiger partial charge >= 0.3 is 0 Å². The second-order valence-corrected chi connectivity index (χ2v) is 28.3. The molecule has 5 bridgehead atoms. The first-order valence-electron chi connectivity index (χ1n) is 27.5. The molecule has 16 heteroatoms. The molecule has 2 saturated heterocycles. The van der Waals surface area contributed by atoms with Crippen LogP contribution in [0.2, 0.25) is 0 Å². The molecule has 404 valence electrons. The van der Waals surface area contributed by atoms with Crippen LogP contribution in [-0.4, -0.2) is 102 Å². The molecular formula is C59H74N2O10S4. The van der Waals surface area contributed by atoms with Crippen LogP contribution >= 0.6 is 43.2 Å². The van der Waals surface area contributed by atoms with Crippen molar-refractivity contribution in [3.8, 4) is 28.4 Å². The number of aliphatic hydroxyl groups is 4. The van der Waals surface area contributed by atoms with Crippen molar-refractivity contribution >= 4 is 71.2 Å². The first kappa shape index (κ1) is 53.8. The van der Waals surface area contributed by atoms with Crippen molar-refractivity contribution in [1.82, 2.24) is 5.32 Å². The summed E-state index contributed by atoms with van der Waals surface area (Å²) in [4.78, 5) is 28.2. The predicted octanol–water partition coefficient (Wildman–Crippen LogP) is 11.0. The van der Waals surface area contributed by atoms with E-state index in [0.717, 1.165) is 113 Å². The van der Waals surface area contributed by atoms with E-state index in [1.807, 2.05) is 39.8 Å². The van der Waals surface area contributed by atoms with Crippen LogP contribution in [0.25, 0.3) is 21.9 Å². The zero-order valence-corrected chi connectivity index (χ0v) is 46.5. The molecule has 3 aliphatic carbocycles. The lowest BCUT2D eigenvalue weighted by Crippen LogP contribution is -2.50. The van der Waals surface area contributed by atoms with Crippen LogP contribution in [0.3, 0.4) is 0 Å². The quantitative estimate of drug-likeness (QED) is 0.0813. The Morgan fingerprint density at radius 3 is 2.52 bits per heavy atom. The number of fused-ring (bicyclic) bond motifs is 9. The third kappa shape index (κ3) is 10.6. The number of hydrogen-bond acceptors (Lipinski definition) is 16. The molecule has 2 saturated carbocycles. The van der Waals surface area contributed by atoms with Crippen LogP contribution in [0.15, 0.2) is 48.5 Å². The number of hydrogen-bond donors (Lipinski definition) is 8. The van der Waals surface area contributed by atoms with E-state index >= 15 is 4.79 Å². The summed E-state index contributed by atoms with van der Waals surface area (Å²) < 4.78 is 13.1. The molecule has 4 fully saturated rings. The molecular weight excluding hydrogens is 1020 g/mol. The van der Waals surface area contributed by atoms with Crippen LogP contribution in [0.1, 0.15) is 155 Å². The lowest BCUT2D eigenvalue weighted by Gasteiger charge is -2.48. The standard InChI is InChI=1S/C59H74N2O10S4/c1-32(64)47-13-8-36-21-37(27-62)44-23-39-29-72-74-31-59-20-15-35(24-51(59)68)50(71-57(61-48(39)16-19-58(69)17-3-4-18-58)45-22-38(28-63)55(60-47)53(36)54(44)45)26-41(66)11-6-34-9-14-49(67)56(70-2)52(34)42-12-7-33-5-10-40(65)25-43(33)46(42)30-73-75-59/h5,7,9-10,12,14,22,25,35-37,39,44,47-48,50-51,57,60-63,65,67-69H,3-4,6,8,11,13,15-21,23-24,26-31H2,1-2H3/t35-,36+,37-,39+,44+,47-,48+,50+,51+,57-,59+/m1/s1. The molecule has 8 aliphatic rings. The number of carbonyl (C=O) groups excluding carboxylic acids is 2. The Morgan fingerprint density at radius 1 is 0.920 bits per heavy atom. The number of benzene rings is 4. The summed E-state index contributed by atoms with van der Waals surface area (Å²) in [7, 11) is 8.67. The maximum Gasteiger partial charge on any atom is 0.168 e. The summed E-state index contributed by atoms with van der Waals surface area (Å²) >= 11 is 0. The molecule has 5 aliphatic heterocycles. The first-order valence-corrected chi connectivity index (χ1v) is 32.3. The fourth-order valence-electron chi connectivity index (χ4n) is 14.5. The van der Waals surface area contributed by atoms with Gasteiger partial charge in [0.25, 0.3) is 0 Å². The fourth-order valence-corrected chi connectivity index (χ4v) is 21.4. The Bertz CT molecular complexity index is 2790. The normalized spacial score (nSPS) is 31.8. The van der Waals surface area contributed by atoms with Gasteiger partial charge in [0, 0.05) is 59.6 Å². The van der Waals surface area contributed by atoms with E-state index in [4.69, 9.17) is 9.47 Å². The van der Waals surface area contributed by atoms with E-state index in [1.54, 1.807) is 53.8 Å². The maximum atomic E-state index is 15.0. The number of rotatable bonds is 7. The number of carbonyl (C=O) groups is 2. The van der Waals surface area contributed by atoms with Crippen molar-refractivity contribution in [1.29, 1.82) is 0 Å². The lowest BCUT2D eigenvalue weighted by atomic mass is 9.63. The third-order valence-electron chi connectivity index (χ3n) is 18.6. The van der Waals surface area contributed by atoms with Gasteiger partial charge in [-0.2, -0.15) is 0 Å². The molecule has 5 heterocycles. The molecule has 0 aromatic heterocycles. The Labute approximate surface area is 456 Å². The first-order chi connectivity index (χ1) is 36.3. The Morgan fingerprint density at radius 2 is 1.75 bits per heavy atom. The number of ether oxygens (including phenoxy) is 2. The number of Topliss-reactive ketones (excluding diaryl/α,β-unsaturated/α-hetero) is 2. The van der Waals surface area contributed by atoms with Crippen LogP contribution in [0.5, 0.6) is 17.2 Å². The summed E-state index contributed by atoms with van der Waals surface area (Å²) in [5.41, 5.74) is 7.32. The third-order valence-corrected chi connectivity index (χ3v) is 24.6. The number of aliphatic hydroxyl groups excluding tert-OH is 3. The highest BCUT2D eigenvalue weighted by atomic mass is 33.1. The van der Waals surface area contributed by atoms with E-state index in [1.165, 1.54) is 0 Å². The van der Waals surface area contributed by atoms with Gasteiger partial charge in [-0.15, -0.1) is 0 Å². The number of phenols is 2. The molecule has 0 unspecified atom stereocenters. The van der Waals surface area contributed by atoms with Gasteiger partial charge in [0.1, 0.15) is 17.8 Å². The zero-order valence-electron chi connectivity index (χ0n) is 43.2. The van der Waals surface area contributed by atoms with Crippen molar-refractivity contribution in [3.63, 3.8) is 0 Å². The van der Waals surface area contributed by atoms with Gasteiger partial charge in [-0.25, -0.2) is 0 Å². The number of aromatic hydroxyl groups is 2. The highest BCUT2D eigenvalue weighted by molar-refractivity contribution is 8.78. The zero-order chi connectivity index (χ0) is 52.2. The van der Waals surface area contributed by atoms with Crippen molar-refractivity contribution in [2.45, 2.75) is 175 Å². The van der Waals surface area contributed by atoms with Gasteiger partial charge in [-0.05, 0) is 182 Å². The van der Waals surface area contributed by atoms with Gasteiger partial charge in [0.05, 0.1) is 42.3 Å². The molecule has 12 nitrogen and oxygen atoms in total. The monoisotopic (exact) mass is 1100 g/mol. The van der Waals surface area contributed by atoms with Crippen molar-refractivity contribution in [2.75, 3.05) is 30.5 Å². The van der Waals surface area contributed by atoms with E-state index in [2.05, 4.69) is 22.8 Å². The minimum absolute atomic E-state index is 0.0103.